The van der Waals surface area contributed by atoms with Crippen LogP contribution >= 0.6 is 0 Å². The first-order valence-corrected chi connectivity index (χ1v) is 13.2. The fourth-order valence-corrected chi connectivity index (χ4v) is 4.97. The molecule has 1 aromatic heterocycles. The molecule has 4 rings (SSSR count). The first-order chi connectivity index (χ1) is 16.3. The number of likely N-dealkylation sites (tertiary alicyclic amines) is 1. The third kappa shape index (κ3) is 5.81. The van der Waals surface area contributed by atoms with Gasteiger partial charge in [-0.2, -0.15) is 5.10 Å². The van der Waals surface area contributed by atoms with Crippen molar-refractivity contribution in [3.05, 3.63) is 84.1 Å². The number of rotatable bonds is 7. The lowest BCUT2D eigenvalue weighted by atomic mass is 10.0. The Morgan fingerprint density at radius 2 is 1.68 bits per heavy atom. The van der Waals surface area contributed by atoms with E-state index in [1.54, 1.807) is 18.0 Å². The number of aromatic nitrogens is 2. The van der Waals surface area contributed by atoms with Gasteiger partial charge in [0.15, 0.2) is 0 Å². The van der Waals surface area contributed by atoms with E-state index >= 15 is 0 Å². The Kier molecular flexibility index (Phi) is 7.29. The van der Waals surface area contributed by atoms with Gasteiger partial charge in [-0.3, -0.25) is 9.48 Å². The summed E-state index contributed by atoms with van der Waals surface area (Å²) in [6.45, 7) is 1.71. The summed E-state index contributed by atoms with van der Waals surface area (Å²) in [6.07, 6.45) is 7.87. The van der Waals surface area contributed by atoms with Gasteiger partial charge in [0.25, 0.3) is 0 Å². The molecule has 8 heteroatoms. The topological polar surface area (TPSA) is 75.5 Å². The summed E-state index contributed by atoms with van der Waals surface area (Å²) >= 11 is 0. The van der Waals surface area contributed by atoms with Gasteiger partial charge in [-0.15, -0.1) is 0 Å². The fourth-order valence-electron chi connectivity index (χ4n) is 4.22. The van der Waals surface area contributed by atoms with Gasteiger partial charge in [0, 0.05) is 49.6 Å². The number of nitrogens with zero attached hydrogens (tertiary/aromatic N) is 4. The molecule has 0 N–H and O–H groups in total. The van der Waals surface area contributed by atoms with E-state index in [0.29, 0.717) is 32.5 Å². The molecule has 1 aliphatic rings. The minimum Gasteiger partial charge on any atom is -0.339 e. The first kappa shape index (κ1) is 23.9. The van der Waals surface area contributed by atoms with Gasteiger partial charge < -0.3 is 4.90 Å². The van der Waals surface area contributed by atoms with Crippen molar-refractivity contribution in [2.75, 3.05) is 26.4 Å². The summed E-state index contributed by atoms with van der Waals surface area (Å²) in [5.74, 6) is -0.0738. The molecule has 1 fully saturated rings. The number of piperidine rings is 1. The second-order valence-electron chi connectivity index (χ2n) is 8.65. The minimum atomic E-state index is -3.23. The summed E-state index contributed by atoms with van der Waals surface area (Å²) in [5, 5.41) is 4.80. The number of hydrogen-bond donors (Lipinski definition) is 0. The Labute approximate surface area is 201 Å². The number of sulfonamides is 1. The zero-order valence-electron chi connectivity index (χ0n) is 19.5. The summed E-state index contributed by atoms with van der Waals surface area (Å²) in [7, 11) is -1.62. The molecule has 0 saturated carbocycles. The highest BCUT2D eigenvalue weighted by Gasteiger charge is 2.28. The summed E-state index contributed by atoms with van der Waals surface area (Å²) in [6, 6.07) is 20.0. The monoisotopic (exact) mass is 478 g/mol. The van der Waals surface area contributed by atoms with Crippen LogP contribution in [0.4, 0.5) is 0 Å². The molecule has 1 amide bonds. The number of carbonyl (C=O) groups is 1. The maximum atomic E-state index is 12.9. The lowest BCUT2D eigenvalue weighted by Gasteiger charge is -2.35. The summed E-state index contributed by atoms with van der Waals surface area (Å²) in [5.41, 5.74) is 3.85. The lowest BCUT2D eigenvalue weighted by molar-refractivity contribution is -0.127. The van der Waals surface area contributed by atoms with E-state index in [9.17, 15) is 13.2 Å². The molecule has 7 nitrogen and oxygen atoms in total. The van der Waals surface area contributed by atoms with Gasteiger partial charge in [-0.25, -0.2) is 12.7 Å². The molecule has 1 saturated heterocycles. The van der Waals surface area contributed by atoms with Crippen LogP contribution in [0.1, 0.15) is 24.0 Å². The second kappa shape index (κ2) is 10.4. The van der Waals surface area contributed by atoms with Gasteiger partial charge in [-0.1, -0.05) is 60.7 Å². The van der Waals surface area contributed by atoms with Crippen molar-refractivity contribution in [3.8, 4) is 11.3 Å². The molecular formula is C26H30N4O3S. The van der Waals surface area contributed by atoms with E-state index < -0.39 is 10.0 Å². The van der Waals surface area contributed by atoms with E-state index in [1.807, 2.05) is 65.5 Å². The van der Waals surface area contributed by atoms with Crippen molar-refractivity contribution in [2.45, 2.75) is 25.4 Å². The highest BCUT2D eigenvalue weighted by molar-refractivity contribution is 7.88. The van der Waals surface area contributed by atoms with Gasteiger partial charge in [0.1, 0.15) is 0 Å². The Morgan fingerprint density at radius 1 is 1.06 bits per heavy atom. The molecule has 2 heterocycles. The van der Waals surface area contributed by atoms with Crippen LogP contribution in [-0.4, -0.2) is 65.7 Å². The standard InChI is InChI=1S/C26H30N4O3S/c1-28(34(2,32)33)24-15-17-29(18-16-24)25(31)14-13-23-20-30(19-21-9-5-3-6-10-21)27-26(23)22-11-7-4-8-12-22/h3-14,20,24H,15-19H2,1-2H3/b14-13+. The zero-order valence-corrected chi connectivity index (χ0v) is 20.4. The summed E-state index contributed by atoms with van der Waals surface area (Å²) < 4.78 is 26.9. The van der Waals surface area contributed by atoms with Crippen LogP contribution in [0.2, 0.25) is 0 Å². The molecule has 3 aromatic rings. The van der Waals surface area contributed by atoms with E-state index in [0.717, 1.165) is 22.4 Å². The van der Waals surface area contributed by atoms with E-state index in [4.69, 9.17) is 5.10 Å². The largest absolute Gasteiger partial charge is 0.339 e. The van der Waals surface area contributed by atoms with Crippen LogP contribution in [0.25, 0.3) is 17.3 Å². The second-order valence-corrected chi connectivity index (χ2v) is 10.7. The van der Waals surface area contributed by atoms with Gasteiger partial charge in [-0.05, 0) is 24.5 Å². The maximum absolute atomic E-state index is 12.9. The highest BCUT2D eigenvalue weighted by Crippen LogP contribution is 2.24. The third-order valence-corrected chi connectivity index (χ3v) is 7.59. The minimum absolute atomic E-state index is 0.0658. The van der Waals surface area contributed by atoms with Gasteiger partial charge in [0.2, 0.25) is 15.9 Å². The molecule has 0 aliphatic carbocycles. The van der Waals surface area contributed by atoms with Crippen molar-refractivity contribution in [2.24, 2.45) is 0 Å². The molecule has 0 spiro atoms. The number of amides is 1. The number of benzene rings is 2. The Morgan fingerprint density at radius 3 is 2.29 bits per heavy atom. The lowest BCUT2D eigenvalue weighted by Crippen LogP contribution is -2.46. The van der Waals surface area contributed by atoms with E-state index in [-0.39, 0.29) is 11.9 Å². The van der Waals surface area contributed by atoms with Crippen LogP contribution in [0.3, 0.4) is 0 Å². The molecular weight excluding hydrogens is 448 g/mol. The van der Waals surface area contributed by atoms with E-state index in [2.05, 4.69) is 12.1 Å². The third-order valence-electron chi connectivity index (χ3n) is 6.24. The van der Waals surface area contributed by atoms with Crippen LogP contribution in [0.15, 0.2) is 72.9 Å². The molecule has 2 aromatic carbocycles. The zero-order chi connectivity index (χ0) is 24.1. The van der Waals surface area contributed by atoms with Crippen LogP contribution in [0.5, 0.6) is 0 Å². The molecule has 1 aliphatic heterocycles. The van der Waals surface area contributed by atoms with Gasteiger partial charge in [0.05, 0.1) is 18.5 Å². The SMILES string of the molecule is CN(C1CCN(C(=O)/C=C/c2cn(Cc3ccccc3)nc2-c2ccccc2)CC1)S(C)(=O)=O. The smallest absolute Gasteiger partial charge is 0.246 e. The van der Waals surface area contributed by atoms with E-state index in [1.165, 1.54) is 10.6 Å². The molecule has 0 bridgehead atoms. The number of hydrogen-bond acceptors (Lipinski definition) is 4. The van der Waals surface area contributed by atoms with Crippen molar-refractivity contribution in [3.63, 3.8) is 0 Å². The quantitative estimate of drug-likeness (QED) is 0.487. The average Bonchev–Trinajstić information content (AvgIpc) is 3.25. The normalized spacial score (nSPS) is 15.3. The molecule has 34 heavy (non-hydrogen) atoms. The van der Waals surface area contributed by atoms with Crippen molar-refractivity contribution in [1.82, 2.24) is 19.0 Å². The highest BCUT2D eigenvalue weighted by atomic mass is 32.2. The average molecular weight is 479 g/mol. The number of carbonyl (C=O) groups excluding carboxylic acids is 1. The van der Waals surface area contributed by atoms with Crippen molar-refractivity contribution < 1.29 is 13.2 Å². The fraction of sp³-hybridized carbons (Fsp3) is 0.308. The van der Waals surface area contributed by atoms with Crippen molar-refractivity contribution in [1.29, 1.82) is 0 Å². The Balaban J connectivity index is 1.49. The molecule has 178 valence electrons. The Hall–Kier alpha value is -3.23. The molecule has 0 radical (unpaired) electrons. The van der Waals surface area contributed by atoms with Crippen molar-refractivity contribution >= 4 is 22.0 Å². The molecule has 0 atom stereocenters. The Bertz CT molecular complexity index is 1250. The van der Waals surface area contributed by atoms with Crippen LogP contribution in [-0.2, 0) is 21.4 Å². The summed E-state index contributed by atoms with van der Waals surface area (Å²) in [4.78, 5) is 14.6. The predicted octanol–water partition coefficient (Wildman–Crippen LogP) is 3.49. The van der Waals surface area contributed by atoms with Crippen LogP contribution < -0.4 is 0 Å². The molecule has 0 unspecified atom stereocenters. The predicted molar refractivity (Wildman–Crippen MR) is 134 cm³/mol. The van der Waals surface area contributed by atoms with Gasteiger partial charge >= 0.3 is 0 Å². The maximum Gasteiger partial charge on any atom is 0.246 e. The van der Waals surface area contributed by atoms with Crippen LogP contribution in [0, 0.1) is 0 Å². The first-order valence-electron chi connectivity index (χ1n) is 11.4.